The monoisotopic (exact) mass is 141 g/mol. The van der Waals surface area contributed by atoms with E-state index in [1.165, 1.54) is 0 Å². The maximum Gasteiger partial charge on any atom is 0.286 e. The first-order valence-electron chi connectivity index (χ1n) is 3.31. The first kappa shape index (κ1) is 7.12. The molecule has 10 heavy (non-hydrogen) atoms. The average Bonchev–Trinajstić information content (AvgIpc) is 1.93. The van der Waals surface area contributed by atoms with Crippen LogP contribution in [-0.4, -0.2) is 17.6 Å². The van der Waals surface area contributed by atoms with Crippen molar-refractivity contribution in [2.24, 2.45) is 5.92 Å². The normalized spacial score (nSPS) is 26.6. The van der Waals surface area contributed by atoms with Crippen LogP contribution < -0.4 is 5.32 Å². The molecule has 0 radical (unpaired) electrons. The molecule has 1 aliphatic rings. The molecule has 0 aliphatic carbocycles. The van der Waals surface area contributed by atoms with Gasteiger partial charge in [-0.15, -0.1) is 0 Å². The number of nitrogens with one attached hydrogen (secondary N) is 1. The van der Waals surface area contributed by atoms with E-state index in [0.29, 0.717) is 6.54 Å². The highest BCUT2D eigenvalue weighted by atomic mass is 16.3. The van der Waals surface area contributed by atoms with Gasteiger partial charge < -0.3 is 10.4 Å². The summed E-state index contributed by atoms with van der Waals surface area (Å²) in [5, 5.41) is 11.6. The molecule has 0 fully saturated rings. The summed E-state index contributed by atoms with van der Waals surface area (Å²) in [6.07, 6.45) is 0. The molecule has 0 aromatic carbocycles. The van der Waals surface area contributed by atoms with Gasteiger partial charge >= 0.3 is 0 Å². The van der Waals surface area contributed by atoms with Gasteiger partial charge in [0.2, 0.25) is 0 Å². The van der Waals surface area contributed by atoms with E-state index >= 15 is 0 Å². The Hall–Kier alpha value is -0.990. The van der Waals surface area contributed by atoms with Crippen LogP contribution >= 0.6 is 0 Å². The first-order chi connectivity index (χ1) is 4.63. The molecule has 1 atom stereocenters. The Labute approximate surface area is 59.7 Å². The van der Waals surface area contributed by atoms with E-state index in [0.717, 1.165) is 5.57 Å². The van der Waals surface area contributed by atoms with Crippen molar-refractivity contribution in [1.82, 2.24) is 5.32 Å². The van der Waals surface area contributed by atoms with Crippen molar-refractivity contribution in [1.29, 1.82) is 0 Å². The van der Waals surface area contributed by atoms with E-state index in [1.54, 1.807) is 6.92 Å². The molecule has 3 heteroatoms. The number of amides is 1. The third-order valence-electron chi connectivity index (χ3n) is 1.90. The number of carbonyl (C=O) groups is 1. The molecule has 0 bridgehead atoms. The minimum absolute atomic E-state index is 0.112. The minimum Gasteiger partial charge on any atom is -0.503 e. The van der Waals surface area contributed by atoms with Crippen molar-refractivity contribution in [3.05, 3.63) is 11.3 Å². The molecule has 1 heterocycles. The predicted molar refractivity (Wildman–Crippen MR) is 37.5 cm³/mol. The van der Waals surface area contributed by atoms with Crippen LogP contribution in [0, 0.1) is 5.92 Å². The van der Waals surface area contributed by atoms with Gasteiger partial charge in [-0.3, -0.25) is 4.79 Å². The molecule has 1 unspecified atom stereocenters. The SMILES string of the molecule is CC1=C(O)C(=O)NCC1C. The van der Waals surface area contributed by atoms with Crippen LogP contribution in [-0.2, 0) is 4.79 Å². The lowest BCUT2D eigenvalue weighted by molar-refractivity contribution is -0.120. The highest BCUT2D eigenvalue weighted by molar-refractivity contribution is 5.92. The second-order valence-corrected chi connectivity index (χ2v) is 2.64. The first-order valence-corrected chi connectivity index (χ1v) is 3.31. The number of aliphatic hydroxyl groups is 1. The largest absolute Gasteiger partial charge is 0.503 e. The Kier molecular flexibility index (Phi) is 1.66. The van der Waals surface area contributed by atoms with Crippen LogP contribution in [0.3, 0.4) is 0 Å². The second-order valence-electron chi connectivity index (χ2n) is 2.64. The molecule has 1 amide bonds. The van der Waals surface area contributed by atoms with E-state index in [9.17, 15) is 4.79 Å². The fourth-order valence-corrected chi connectivity index (χ4v) is 0.895. The topological polar surface area (TPSA) is 49.3 Å². The molecule has 0 saturated carbocycles. The Morgan fingerprint density at radius 1 is 1.70 bits per heavy atom. The van der Waals surface area contributed by atoms with Crippen LogP contribution in [0.4, 0.5) is 0 Å². The van der Waals surface area contributed by atoms with E-state index in [-0.39, 0.29) is 17.6 Å². The smallest absolute Gasteiger partial charge is 0.286 e. The van der Waals surface area contributed by atoms with Gasteiger partial charge in [0.05, 0.1) is 0 Å². The number of hydrogen-bond donors (Lipinski definition) is 2. The van der Waals surface area contributed by atoms with Crippen LogP contribution in [0.5, 0.6) is 0 Å². The van der Waals surface area contributed by atoms with Gasteiger partial charge in [0.25, 0.3) is 5.91 Å². The number of aliphatic hydroxyl groups excluding tert-OH is 1. The van der Waals surface area contributed by atoms with Crippen molar-refractivity contribution >= 4 is 5.91 Å². The lowest BCUT2D eigenvalue weighted by Gasteiger charge is -2.19. The molecule has 1 rings (SSSR count). The van der Waals surface area contributed by atoms with E-state index < -0.39 is 0 Å². The van der Waals surface area contributed by atoms with Gasteiger partial charge in [-0.1, -0.05) is 6.92 Å². The van der Waals surface area contributed by atoms with Gasteiger partial charge in [-0.25, -0.2) is 0 Å². The summed E-state index contributed by atoms with van der Waals surface area (Å²) in [6, 6.07) is 0. The molecule has 0 aromatic rings. The molecule has 56 valence electrons. The van der Waals surface area contributed by atoms with Gasteiger partial charge in [0.1, 0.15) is 0 Å². The van der Waals surface area contributed by atoms with Crippen molar-refractivity contribution in [2.45, 2.75) is 13.8 Å². The van der Waals surface area contributed by atoms with Gasteiger partial charge in [-0.2, -0.15) is 0 Å². The zero-order valence-corrected chi connectivity index (χ0v) is 6.14. The number of hydrogen-bond acceptors (Lipinski definition) is 2. The van der Waals surface area contributed by atoms with Crippen LogP contribution in [0.1, 0.15) is 13.8 Å². The molecular formula is C7H11NO2. The van der Waals surface area contributed by atoms with Crippen LogP contribution in [0.25, 0.3) is 0 Å². The molecular weight excluding hydrogens is 130 g/mol. The molecule has 0 saturated heterocycles. The summed E-state index contributed by atoms with van der Waals surface area (Å²) in [6.45, 7) is 4.37. The molecule has 0 aromatic heterocycles. The van der Waals surface area contributed by atoms with Crippen LogP contribution in [0.2, 0.25) is 0 Å². The third kappa shape index (κ3) is 0.988. The second kappa shape index (κ2) is 2.33. The lowest BCUT2D eigenvalue weighted by Crippen LogP contribution is -2.35. The van der Waals surface area contributed by atoms with E-state index in [4.69, 9.17) is 5.11 Å². The molecule has 3 nitrogen and oxygen atoms in total. The Bertz CT molecular complexity index is 196. The summed E-state index contributed by atoms with van der Waals surface area (Å²) in [5.41, 5.74) is 0.781. The fraction of sp³-hybridized carbons (Fsp3) is 0.571. The zero-order chi connectivity index (χ0) is 7.72. The van der Waals surface area contributed by atoms with E-state index in [2.05, 4.69) is 5.32 Å². The quantitative estimate of drug-likeness (QED) is 0.518. The predicted octanol–water partition coefficient (Wildman–Crippen LogP) is 0.584. The summed E-state index contributed by atoms with van der Waals surface area (Å²) in [4.78, 5) is 10.7. The zero-order valence-electron chi connectivity index (χ0n) is 6.14. The number of rotatable bonds is 0. The van der Waals surface area contributed by atoms with Gasteiger partial charge in [0, 0.05) is 6.54 Å². The maximum atomic E-state index is 10.7. The fourth-order valence-electron chi connectivity index (χ4n) is 0.895. The van der Waals surface area contributed by atoms with Gasteiger partial charge in [-0.05, 0) is 18.4 Å². The molecule has 1 aliphatic heterocycles. The summed E-state index contributed by atoms with van der Waals surface area (Å²) in [5.74, 6) is -0.202. The standard InChI is InChI=1S/C7H11NO2/c1-4-3-8-7(10)6(9)5(4)2/h4,9H,3H2,1-2H3,(H,8,10). The highest BCUT2D eigenvalue weighted by Crippen LogP contribution is 2.15. The minimum atomic E-state index is -0.351. The Morgan fingerprint density at radius 3 is 2.80 bits per heavy atom. The van der Waals surface area contributed by atoms with Gasteiger partial charge in [0.15, 0.2) is 5.76 Å². The Morgan fingerprint density at radius 2 is 2.30 bits per heavy atom. The maximum absolute atomic E-state index is 10.7. The molecule has 0 spiro atoms. The lowest BCUT2D eigenvalue weighted by atomic mass is 9.98. The van der Waals surface area contributed by atoms with Crippen molar-refractivity contribution in [3.63, 3.8) is 0 Å². The van der Waals surface area contributed by atoms with Crippen molar-refractivity contribution < 1.29 is 9.90 Å². The highest BCUT2D eigenvalue weighted by Gasteiger charge is 2.21. The molecule has 2 N–H and O–H groups in total. The van der Waals surface area contributed by atoms with Crippen LogP contribution in [0.15, 0.2) is 11.3 Å². The van der Waals surface area contributed by atoms with Crippen molar-refractivity contribution in [2.75, 3.05) is 6.54 Å². The summed E-state index contributed by atoms with van der Waals surface area (Å²) in [7, 11) is 0. The average molecular weight is 141 g/mol. The van der Waals surface area contributed by atoms with Crippen molar-refractivity contribution in [3.8, 4) is 0 Å². The summed E-state index contributed by atoms with van der Waals surface area (Å²) >= 11 is 0. The number of carbonyl (C=O) groups excluding carboxylic acids is 1. The third-order valence-corrected chi connectivity index (χ3v) is 1.90. The Balaban J connectivity index is 2.92. The van der Waals surface area contributed by atoms with E-state index in [1.807, 2.05) is 6.92 Å². The summed E-state index contributed by atoms with van der Waals surface area (Å²) < 4.78 is 0.